The van der Waals surface area contributed by atoms with E-state index >= 15 is 0 Å². The summed E-state index contributed by atoms with van der Waals surface area (Å²) < 4.78 is 0. The van der Waals surface area contributed by atoms with Crippen molar-refractivity contribution in [1.29, 1.82) is 0 Å². The van der Waals surface area contributed by atoms with Gasteiger partial charge in [0.15, 0.2) is 7.28 Å². The Morgan fingerprint density at radius 3 is 2.60 bits per heavy atom. The Morgan fingerprint density at radius 1 is 2.00 bits per heavy atom. The monoisotopic (exact) mass is 85.0 g/mol. The standard InChI is InChI=1S/C3H6BS/c1-2-4-3-5/h2,5H,1,3H2. The smallest absolute Gasteiger partial charge is 0.152 e. The molecule has 0 spiro atoms. The molecule has 2 heteroatoms. The van der Waals surface area contributed by atoms with Gasteiger partial charge in [0.25, 0.3) is 0 Å². The zero-order valence-corrected chi connectivity index (χ0v) is 3.91. The fourth-order valence-electron chi connectivity index (χ4n) is 0.0745. The number of hydrogen-bond acceptors (Lipinski definition) is 1. The van der Waals surface area contributed by atoms with Crippen LogP contribution in [0.2, 0.25) is 0 Å². The molecular weight excluding hydrogens is 78.9 g/mol. The second-order valence-corrected chi connectivity index (χ2v) is 1.02. The molecule has 0 amide bonds. The third kappa shape index (κ3) is 4.15. The molecule has 5 heavy (non-hydrogen) atoms. The van der Waals surface area contributed by atoms with Crippen molar-refractivity contribution >= 4 is 19.9 Å². The third-order valence-corrected chi connectivity index (χ3v) is 0.483. The molecular formula is C3H6BS. The third-order valence-electron chi connectivity index (χ3n) is 0.272. The van der Waals surface area contributed by atoms with Crippen LogP contribution in [0.4, 0.5) is 0 Å². The summed E-state index contributed by atoms with van der Waals surface area (Å²) in [7, 11) is 1.88. The SMILES string of the molecule is C=C[B]CS. The van der Waals surface area contributed by atoms with Crippen molar-refractivity contribution in [1.82, 2.24) is 0 Å². The van der Waals surface area contributed by atoms with Gasteiger partial charge in [0.1, 0.15) is 0 Å². The Balaban J connectivity index is 2.40. The van der Waals surface area contributed by atoms with Gasteiger partial charge in [-0.05, 0) is 5.65 Å². The molecule has 0 aliphatic rings. The summed E-state index contributed by atoms with van der Waals surface area (Å²) in [6.45, 7) is 3.45. The fourth-order valence-corrected chi connectivity index (χ4v) is 0.224. The van der Waals surface area contributed by atoms with Gasteiger partial charge in [-0.15, -0.1) is 12.6 Å². The lowest BCUT2D eigenvalue weighted by molar-refractivity contribution is 2.18. The second kappa shape index (κ2) is 4.15. The van der Waals surface area contributed by atoms with E-state index in [9.17, 15) is 0 Å². The van der Waals surface area contributed by atoms with Crippen molar-refractivity contribution in [2.24, 2.45) is 0 Å². The molecule has 0 saturated heterocycles. The van der Waals surface area contributed by atoms with Crippen molar-refractivity contribution in [2.75, 3.05) is 5.65 Å². The van der Waals surface area contributed by atoms with Gasteiger partial charge >= 0.3 is 0 Å². The van der Waals surface area contributed by atoms with Gasteiger partial charge in [-0.3, -0.25) is 0 Å². The molecule has 0 nitrogen and oxygen atoms in total. The molecule has 0 atom stereocenters. The molecule has 0 saturated carbocycles. The highest BCUT2D eigenvalue weighted by molar-refractivity contribution is 7.81. The molecule has 0 aromatic carbocycles. The van der Waals surface area contributed by atoms with E-state index in [0.717, 1.165) is 5.65 Å². The minimum absolute atomic E-state index is 0.795. The summed E-state index contributed by atoms with van der Waals surface area (Å²) in [4.78, 5) is 0. The van der Waals surface area contributed by atoms with E-state index in [4.69, 9.17) is 0 Å². The van der Waals surface area contributed by atoms with Crippen molar-refractivity contribution in [3.63, 3.8) is 0 Å². The zero-order valence-electron chi connectivity index (χ0n) is 3.02. The maximum atomic E-state index is 3.87. The Bertz CT molecular complexity index is 28.1. The maximum Gasteiger partial charge on any atom is 0.152 e. The van der Waals surface area contributed by atoms with E-state index in [1.807, 2.05) is 7.28 Å². The highest BCUT2D eigenvalue weighted by Gasteiger charge is 1.67. The lowest BCUT2D eigenvalue weighted by atomic mass is 9.83. The molecule has 27 valence electrons. The van der Waals surface area contributed by atoms with E-state index in [1.54, 1.807) is 5.98 Å². The van der Waals surface area contributed by atoms with E-state index in [-0.39, 0.29) is 0 Å². The predicted molar refractivity (Wildman–Crippen MR) is 29.8 cm³/mol. The van der Waals surface area contributed by atoms with Crippen LogP contribution in [0.5, 0.6) is 0 Å². The number of rotatable bonds is 2. The number of thiol groups is 1. The van der Waals surface area contributed by atoms with Crippen LogP contribution in [-0.2, 0) is 0 Å². The molecule has 0 bridgehead atoms. The largest absolute Gasteiger partial charge is 0.188 e. The average Bonchev–Trinajstić information content (AvgIpc) is 1.41. The van der Waals surface area contributed by atoms with E-state index in [0.29, 0.717) is 0 Å². The lowest BCUT2D eigenvalue weighted by Crippen LogP contribution is -1.80. The summed E-state index contributed by atoms with van der Waals surface area (Å²) in [5.41, 5.74) is 0.795. The molecule has 0 fully saturated rings. The first kappa shape index (κ1) is 5.15. The highest BCUT2D eigenvalue weighted by Crippen LogP contribution is 1.65. The Kier molecular flexibility index (Phi) is 4.28. The highest BCUT2D eigenvalue weighted by atomic mass is 32.1. The van der Waals surface area contributed by atoms with Crippen LogP contribution in [0, 0.1) is 0 Å². The summed E-state index contributed by atoms with van der Waals surface area (Å²) in [5.74, 6) is 1.73. The Morgan fingerprint density at radius 2 is 2.60 bits per heavy atom. The first-order valence-electron chi connectivity index (χ1n) is 1.47. The first-order valence-corrected chi connectivity index (χ1v) is 2.10. The van der Waals surface area contributed by atoms with Crippen LogP contribution in [0.3, 0.4) is 0 Å². The van der Waals surface area contributed by atoms with Crippen LogP contribution in [0.1, 0.15) is 0 Å². The van der Waals surface area contributed by atoms with Crippen LogP contribution in [0.15, 0.2) is 12.6 Å². The van der Waals surface area contributed by atoms with Crippen LogP contribution >= 0.6 is 12.6 Å². The summed E-state index contributed by atoms with van der Waals surface area (Å²) in [5, 5.41) is 0. The molecule has 0 aliphatic heterocycles. The average molecular weight is 85.0 g/mol. The summed E-state index contributed by atoms with van der Waals surface area (Å²) in [6.07, 6.45) is 0. The van der Waals surface area contributed by atoms with Crippen LogP contribution in [0.25, 0.3) is 0 Å². The van der Waals surface area contributed by atoms with E-state index in [2.05, 4.69) is 19.2 Å². The van der Waals surface area contributed by atoms with Gasteiger partial charge in [-0.2, -0.15) is 12.6 Å². The quantitative estimate of drug-likeness (QED) is 0.370. The normalized spacial score (nSPS) is 6.60. The minimum atomic E-state index is 0.795. The van der Waals surface area contributed by atoms with Gasteiger partial charge in [0.05, 0.1) is 0 Å². The topological polar surface area (TPSA) is 0 Å². The molecule has 0 unspecified atom stereocenters. The predicted octanol–water partition coefficient (Wildman–Crippen LogP) is 0.721. The molecule has 0 aliphatic carbocycles. The summed E-state index contributed by atoms with van der Waals surface area (Å²) in [6, 6.07) is 0. The van der Waals surface area contributed by atoms with Crippen molar-refractivity contribution in [3.8, 4) is 0 Å². The molecule has 0 aromatic heterocycles. The Hall–Kier alpha value is 0.155. The zero-order chi connectivity index (χ0) is 4.12. The molecule has 0 aromatic rings. The Labute approximate surface area is 38.9 Å². The van der Waals surface area contributed by atoms with Gasteiger partial charge in [-0.25, -0.2) is 0 Å². The van der Waals surface area contributed by atoms with Crippen molar-refractivity contribution in [3.05, 3.63) is 12.6 Å². The fraction of sp³-hybridized carbons (Fsp3) is 0.333. The molecule has 0 N–H and O–H groups in total. The van der Waals surface area contributed by atoms with Gasteiger partial charge in [0, 0.05) is 0 Å². The minimum Gasteiger partial charge on any atom is -0.188 e. The van der Waals surface area contributed by atoms with Gasteiger partial charge in [0.2, 0.25) is 0 Å². The first-order chi connectivity index (χ1) is 2.41. The van der Waals surface area contributed by atoms with Crippen molar-refractivity contribution in [2.45, 2.75) is 0 Å². The van der Waals surface area contributed by atoms with Crippen molar-refractivity contribution < 1.29 is 0 Å². The maximum absolute atomic E-state index is 3.87. The van der Waals surface area contributed by atoms with Gasteiger partial charge < -0.3 is 0 Å². The molecule has 1 radical (unpaired) electrons. The summed E-state index contributed by atoms with van der Waals surface area (Å²) >= 11 is 3.87. The molecule has 0 rings (SSSR count). The van der Waals surface area contributed by atoms with E-state index < -0.39 is 0 Å². The second-order valence-electron chi connectivity index (χ2n) is 0.654. The number of hydrogen-bond donors (Lipinski definition) is 1. The lowest BCUT2D eigenvalue weighted by Gasteiger charge is -1.68. The van der Waals surface area contributed by atoms with E-state index in [1.165, 1.54) is 0 Å². The van der Waals surface area contributed by atoms with Gasteiger partial charge in [-0.1, -0.05) is 0 Å². The van der Waals surface area contributed by atoms with Crippen LogP contribution < -0.4 is 0 Å². The van der Waals surface area contributed by atoms with Crippen LogP contribution in [-0.4, -0.2) is 12.9 Å². The molecule has 0 heterocycles.